The molecule has 1 aliphatic heterocycles. The summed E-state index contributed by atoms with van der Waals surface area (Å²) in [6.07, 6.45) is 0. The molecule has 3 aromatic carbocycles. The number of methoxy groups -OCH3 is 1. The third-order valence-electron chi connectivity index (χ3n) is 5.69. The molecule has 1 aromatic heterocycles. The van der Waals surface area contributed by atoms with Gasteiger partial charge in [0.2, 0.25) is 0 Å². The number of hydrogen-bond donors (Lipinski definition) is 1. The first-order valence-electron chi connectivity index (χ1n) is 10.9. The second-order valence-electron chi connectivity index (χ2n) is 7.83. The van der Waals surface area contributed by atoms with Crippen LogP contribution in [-0.4, -0.2) is 23.9 Å². The van der Waals surface area contributed by atoms with Gasteiger partial charge in [0, 0.05) is 16.1 Å². The van der Waals surface area contributed by atoms with E-state index in [1.807, 2.05) is 47.8 Å². The summed E-state index contributed by atoms with van der Waals surface area (Å²) in [7, 11) is 1.52. The van der Waals surface area contributed by atoms with E-state index in [0.29, 0.717) is 28.5 Å². The van der Waals surface area contributed by atoms with Crippen molar-refractivity contribution in [3.8, 4) is 17.2 Å². The van der Waals surface area contributed by atoms with Gasteiger partial charge in [0.05, 0.1) is 12.7 Å². The summed E-state index contributed by atoms with van der Waals surface area (Å²) in [5.74, 6) is 0.133. The fourth-order valence-electron chi connectivity index (χ4n) is 4.04. The number of hydrogen-bond acceptors (Lipinski definition) is 6. The van der Waals surface area contributed by atoms with Crippen molar-refractivity contribution in [2.75, 3.05) is 12.0 Å². The highest BCUT2D eigenvalue weighted by atomic mass is 32.1. The molecule has 1 N–H and O–H groups in total. The number of para-hydroxylation sites is 1. The van der Waals surface area contributed by atoms with Crippen molar-refractivity contribution in [2.45, 2.75) is 6.04 Å². The molecule has 0 radical (unpaired) electrons. The number of benzene rings is 3. The van der Waals surface area contributed by atoms with Gasteiger partial charge in [-0.15, -0.1) is 11.3 Å². The van der Waals surface area contributed by atoms with Gasteiger partial charge in [0.25, 0.3) is 11.7 Å². The molecule has 35 heavy (non-hydrogen) atoms. The lowest BCUT2D eigenvalue weighted by molar-refractivity contribution is -0.132. The molecule has 1 saturated heterocycles. The second kappa shape index (κ2) is 9.48. The van der Waals surface area contributed by atoms with Gasteiger partial charge in [0.15, 0.2) is 0 Å². The third kappa shape index (κ3) is 4.29. The Balaban J connectivity index is 1.56. The van der Waals surface area contributed by atoms with Crippen molar-refractivity contribution < 1.29 is 24.2 Å². The lowest BCUT2D eigenvalue weighted by Crippen LogP contribution is -2.29. The summed E-state index contributed by atoms with van der Waals surface area (Å²) in [4.78, 5) is 28.6. The predicted molar refractivity (Wildman–Crippen MR) is 135 cm³/mol. The Morgan fingerprint density at radius 3 is 2.26 bits per heavy atom. The number of nitrogens with zero attached hydrogens (tertiary/aromatic N) is 1. The van der Waals surface area contributed by atoms with E-state index in [4.69, 9.17) is 9.47 Å². The van der Waals surface area contributed by atoms with Crippen LogP contribution < -0.4 is 14.4 Å². The maximum atomic E-state index is 13.2. The first-order chi connectivity index (χ1) is 17.1. The Morgan fingerprint density at radius 2 is 1.57 bits per heavy atom. The highest BCUT2D eigenvalue weighted by molar-refractivity contribution is 7.10. The first-order valence-corrected chi connectivity index (χ1v) is 11.8. The number of anilines is 1. The van der Waals surface area contributed by atoms with E-state index in [0.717, 1.165) is 4.88 Å². The quantitative estimate of drug-likeness (QED) is 0.201. The average molecular weight is 484 g/mol. The molecular formula is C28H21NO5S. The molecule has 0 bridgehead atoms. The molecule has 1 aliphatic rings. The van der Waals surface area contributed by atoms with Gasteiger partial charge in [-0.1, -0.05) is 36.4 Å². The van der Waals surface area contributed by atoms with Crippen molar-refractivity contribution >= 4 is 34.5 Å². The van der Waals surface area contributed by atoms with Crippen LogP contribution >= 0.6 is 11.3 Å². The van der Waals surface area contributed by atoms with Gasteiger partial charge >= 0.3 is 0 Å². The Kier molecular flexibility index (Phi) is 6.08. The lowest BCUT2D eigenvalue weighted by atomic mass is 9.99. The highest BCUT2D eigenvalue weighted by Crippen LogP contribution is 2.44. The van der Waals surface area contributed by atoms with E-state index in [-0.39, 0.29) is 11.3 Å². The maximum Gasteiger partial charge on any atom is 0.300 e. The standard InChI is InChI=1S/C28H21NO5S/c1-33-22-10-5-7-18(17-22)26(30)24-25(23-11-6-16-35-23)29(28(32)27(24)31)19-12-14-21(15-13-19)34-20-8-3-2-4-9-20/h2-17,25,30H,1H3/b26-24-. The molecule has 6 nitrogen and oxygen atoms in total. The molecular weight excluding hydrogens is 462 g/mol. The van der Waals surface area contributed by atoms with E-state index in [9.17, 15) is 14.7 Å². The van der Waals surface area contributed by atoms with Crippen LogP contribution in [0.2, 0.25) is 0 Å². The fraction of sp³-hybridized carbons (Fsp3) is 0.0714. The van der Waals surface area contributed by atoms with Gasteiger partial charge in [-0.2, -0.15) is 0 Å². The molecule has 0 spiro atoms. The van der Waals surface area contributed by atoms with Crippen LogP contribution in [-0.2, 0) is 9.59 Å². The summed E-state index contributed by atoms with van der Waals surface area (Å²) < 4.78 is 11.1. The van der Waals surface area contributed by atoms with Gasteiger partial charge in [-0.05, 0) is 60.0 Å². The molecule has 1 unspecified atom stereocenters. The molecule has 0 aliphatic carbocycles. The normalized spacial score (nSPS) is 16.9. The largest absolute Gasteiger partial charge is 0.507 e. The number of aliphatic hydroxyl groups is 1. The number of carbonyl (C=O) groups is 2. The van der Waals surface area contributed by atoms with Crippen LogP contribution in [0.3, 0.4) is 0 Å². The summed E-state index contributed by atoms with van der Waals surface area (Å²) in [6.45, 7) is 0. The minimum absolute atomic E-state index is 0.0373. The Labute approximate surface area is 206 Å². The van der Waals surface area contributed by atoms with Crippen molar-refractivity contribution in [3.05, 3.63) is 112 Å². The van der Waals surface area contributed by atoms with Crippen molar-refractivity contribution in [1.29, 1.82) is 0 Å². The summed E-state index contributed by atoms with van der Waals surface area (Å²) in [6, 6.07) is 26.0. The van der Waals surface area contributed by atoms with Gasteiger partial charge in [-0.25, -0.2) is 0 Å². The summed E-state index contributed by atoms with van der Waals surface area (Å²) >= 11 is 1.41. The fourth-order valence-corrected chi connectivity index (χ4v) is 4.86. The van der Waals surface area contributed by atoms with Crippen LogP contribution in [0.25, 0.3) is 5.76 Å². The Morgan fingerprint density at radius 1 is 0.857 bits per heavy atom. The molecule has 1 amide bonds. The lowest BCUT2D eigenvalue weighted by Gasteiger charge is -2.24. The van der Waals surface area contributed by atoms with E-state index in [2.05, 4.69) is 0 Å². The number of amides is 1. The van der Waals surface area contributed by atoms with Crippen LogP contribution in [0.1, 0.15) is 16.5 Å². The summed E-state index contributed by atoms with van der Waals surface area (Å²) in [5, 5.41) is 13.1. The molecule has 2 heterocycles. The molecule has 5 rings (SSSR count). The van der Waals surface area contributed by atoms with Gasteiger partial charge < -0.3 is 14.6 Å². The number of ether oxygens (including phenoxy) is 2. The third-order valence-corrected chi connectivity index (χ3v) is 6.62. The number of ketones is 1. The highest BCUT2D eigenvalue weighted by Gasteiger charge is 2.47. The van der Waals surface area contributed by atoms with Crippen molar-refractivity contribution in [3.63, 3.8) is 0 Å². The van der Waals surface area contributed by atoms with Crippen LogP contribution in [0.4, 0.5) is 5.69 Å². The minimum atomic E-state index is -0.762. The van der Waals surface area contributed by atoms with E-state index in [1.54, 1.807) is 48.5 Å². The van der Waals surface area contributed by atoms with Gasteiger partial charge in [-0.3, -0.25) is 14.5 Å². The van der Waals surface area contributed by atoms with E-state index < -0.39 is 17.7 Å². The number of carbonyl (C=O) groups excluding carboxylic acids is 2. The second-order valence-corrected chi connectivity index (χ2v) is 8.80. The minimum Gasteiger partial charge on any atom is -0.507 e. The van der Waals surface area contributed by atoms with Crippen molar-refractivity contribution in [2.24, 2.45) is 0 Å². The van der Waals surface area contributed by atoms with E-state index >= 15 is 0 Å². The molecule has 0 saturated carbocycles. The molecule has 1 fully saturated rings. The van der Waals surface area contributed by atoms with Crippen LogP contribution in [0.15, 0.2) is 102 Å². The number of rotatable bonds is 6. The zero-order valence-corrected chi connectivity index (χ0v) is 19.6. The number of Topliss-reactive ketones (excluding diaryl/α,β-unsaturated/α-hetero) is 1. The maximum absolute atomic E-state index is 13.2. The smallest absolute Gasteiger partial charge is 0.300 e. The zero-order valence-electron chi connectivity index (χ0n) is 18.8. The zero-order chi connectivity index (χ0) is 24.4. The Hall–Kier alpha value is -4.36. The monoisotopic (exact) mass is 483 g/mol. The number of thiophene rings is 1. The van der Waals surface area contributed by atoms with Crippen LogP contribution in [0.5, 0.6) is 17.2 Å². The average Bonchev–Trinajstić information content (AvgIpc) is 3.52. The molecule has 174 valence electrons. The summed E-state index contributed by atoms with van der Waals surface area (Å²) in [5.41, 5.74) is 0.960. The first kappa shape index (κ1) is 22.4. The Bertz CT molecular complexity index is 1400. The molecule has 1 atom stereocenters. The van der Waals surface area contributed by atoms with E-state index in [1.165, 1.54) is 23.3 Å². The molecule has 4 aromatic rings. The predicted octanol–water partition coefficient (Wildman–Crippen LogP) is 6.18. The number of aliphatic hydroxyl groups excluding tert-OH is 1. The SMILES string of the molecule is COc1cccc(/C(O)=C2/C(=O)C(=O)N(c3ccc(Oc4ccccc4)cc3)C2c2cccs2)c1. The topological polar surface area (TPSA) is 76.1 Å². The van der Waals surface area contributed by atoms with Crippen molar-refractivity contribution in [1.82, 2.24) is 0 Å². The van der Waals surface area contributed by atoms with Gasteiger partial charge in [0.1, 0.15) is 29.0 Å². The molecule has 7 heteroatoms. The van der Waals surface area contributed by atoms with Crippen LogP contribution in [0, 0.1) is 0 Å².